The largest absolute Gasteiger partial charge is 0.460 e. The predicted octanol–water partition coefficient (Wildman–Crippen LogP) is 0.467. The average Bonchev–Trinajstić information content (AvgIpc) is 2.44. The van der Waals surface area contributed by atoms with Crippen molar-refractivity contribution in [1.29, 1.82) is 0 Å². The van der Waals surface area contributed by atoms with Crippen molar-refractivity contribution in [2.45, 2.75) is 6.00 Å². The Balaban J connectivity index is 2.50. The van der Waals surface area contributed by atoms with Gasteiger partial charge in [0.25, 0.3) is 0 Å². The molecule has 1 unspecified atom stereocenters. The number of esters is 1. The minimum atomic E-state index is -0.589. The van der Waals surface area contributed by atoms with Crippen molar-refractivity contribution >= 4 is 13.5 Å². The van der Waals surface area contributed by atoms with Gasteiger partial charge >= 0.3 is 13.5 Å². The lowest BCUT2D eigenvalue weighted by molar-refractivity contribution is 0.0494. The summed E-state index contributed by atoms with van der Waals surface area (Å²) in [6.07, 6.45) is 0. The SMILES string of the molecule is O=C1OC([B]O)c2ccccc21. The Morgan fingerprint density at radius 2 is 2.17 bits per heavy atom. The van der Waals surface area contributed by atoms with Crippen molar-refractivity contribution in [1.82, 2.24) is 0 Å². The summed E-state index contributed by atoms with van der Waals surface area (Å²) in [4.78, 5) is 11.1. The molecule has 0 saturated carbocycles. The van der Waals surface area contributed by atoms with E-state index in [4.69, 9.17) is 9.76 Å². The summed E-state index contributed by atoms with van der Waals surface area (Å²) < 4.78 is 4.84. The van der Waals surface area contributed by atoms with Crippen LogP contribution >= 0.6 is 0 Å². The number of fused-ring (bicyclic) bond motifs is 1. The van der Waals surface area contributed by atoms with Gasteiger partial charge < -0.3 is 9.76 Å². The number of carbonyl (C=O) groups is 1. The molecule has 3 nitrogen and oxygen atoms in total. The first-order chi connectivity index (χ1) is 5.83. The molecule has 1 aromatic carbocycles. The summed E-state index contributed by atoms with van der Waals surface area (Å²) in [6.45, 7) is 0. The van der Waals surface area contributed by atoms with Gasteiger partial charge in [0.05, 0.1) is 5.56 Å². The minimum absolute atomic E-state index is 0.374. The molecule has 0 aromatic heterocycles. The van der Waals surface area contributed by atoms with E-state index in [0.717, 1.165) is 13.0 Å². The van der Waals surface area contributed by atoms with Crippen LogP contribution < -0.4 is 0 Å². The van der Waals surface area contributed by atoms with Gasteiger partial charge in [0.1, 0.15) is 6.00 Å². The second-order valence-corrected chi connectivity index (χ2v) is 2.56. The number of ether oxygens (including phenoxy) is 1. The zero-order chi connectivity index (χ0) is 8.55. The first-order valence-electron chi connectivity index (χ1n) is 3.60. The third kappa shape index (κ3) is 0.922. The Morgan fingerprint density at radius 3 is 2.92 bits per heavy atom. The highest BCUT2D eigenvalue weighted by molar-refractivity contribution is 6.29. The van der Waals surface area contributed by atoms with E-state index in [1.54, 1.807) is 24.3 Å². The molecule has 2 rings (SSSR count). The number of benzene rings is 1. The number of cyclic esters (lactones) is 1. The van der Waals surface area contributed by atoms with Gasteiger partial charge in [-0.05, 0) is 6.07 Å². The monoisotopic (exact) mass is 161 g/mol. The Bertz CT molecular complexity index is 324. The molecule has 1 aliphatic rings. The van der Waals surface area contributed by atoms with Gasteiger partial charge in [-0.2, -0.15) is 0 Å². The molecule has 59 valence electrons. The highest BCUT2D eigenvalue weighted by Crippen LogP contribution is 2.28. The quantitative estimate of drug-likeness (QED) is 0.480. The fraction of sp³-hybridized carbons (Fsp3) is 0.125. The van der Waals surface area contributed by atoms with Gasteiger partial charge in [-0.1, -0.05) is 18.2 Å². The number of rotatable bonds is 1. The van der Waals surface area contributed by atoms with Gasteiger partial charge in [-0.3, -0.25) is 0 Å². The Labute approximate surface area is 70.2 Å². The molecule has 0 aliphatic carbocycles. The maximum atomic E-state index is 11.1. The first kappa shape index (κ1) is 7.37. The van der Waals surface area contributed by atoms with Crippen LogP contribution in [0.25, 0.3) is 0 Å². The molecule has 1 N–H and O–H groups in total. The van der Waals surface area contributed by atoms with E-state index >= 15 is 0 Å². The van der Waals surface area contributed by atoms with Gasteiger partial charge in [-0.15, -0.1) is 0 Å². The summed E-state index contributed by atoms with van der Waals surface area (Å²) in [7, 11) is 0.879. The normalized spacial score (nSPS) is 20.1. The first-order valence-corrected chi connectivity index (χ1v) is 3.60. The highest BCUT2D eigenvalue weighted by atomic mass is 16.5. The number of hydrogen-bond donors (Lipinski definition) is 1. The fourth-order valence-electron chi connectivity index (χ4n) is 1.28. The van der Waals surface area contributed by atoms with E-state index in [1.165, 1.54) is 0 Å². The van der Waals surface area contributed by atoms with Crippen molar-refractivity contribution in [2.24, 2.45) is 0 Å². The van der Waals surface area contributed by atoms with E-state index in [1.807, 2.05) is 0 Å². The van der Waals surface area contributed by atoms with Gasteiger partial charge in [0, 0.05) is 5.56 Å². The molecule has 1 radical (unpaired) electrons. The van der Waals surface area contributed by atoms with Crippen molar-refractivity contribution in [3.8, 4) is 0 Å². The second-order valence-electron chi connectivity index (χ2n) is 2.56. The maximum absolute atomic E-state index is 11.1. The van der Waals surface area contributed by atoms with Crippen LogP contribution in [0.2, 0.25) is 0 Å². The van der Waals surface area contributed by atoms with Crippen molar-refractivity contribution in [3.05, 3.63) is 35.4 Å². The molecule has 0 bridgehead atoms. The third-order valence-electron chi connectivity index (χ3n) is 1.86. The van der Waals surface area contributed by atoms with Crippen LogP contribution in [-0.2, 0) is 4.74 Å². The molecule has 1 aliphatic heterocycles. The lowest BCUT2D eigenvalue weighted by Gasteiger charge is -2.02. The molecule has 0 amide bonds. The average molecular weight is 161 g/mol. The molecule has 1 aromatic rings. The van der Waals surface area contributed by atoms with Crippen LogP contribution in [0.3, 0.4) is 0 Å². The minimum Gasteiger partial charge on any atom is -0.460 e. The highest BCUT2D eigenvalue weighted by Gasteiger charge is 2.30. The van der Waals surface area contributed by atoms with Crippen LogP contribution in [0.5, 0.6) is 0 Å². The van der Waals surface area contributed by atoms with Gasteiger partial charge in [-0.25, -0.2) is 4.79 Å². The Kier molecular flexibility index (Phi) is 1.62. The molecular formula is C8H6BO3. The summed E-state index contributed by atoms with van der Waals surface area (Å²) >= 11 is 0. The lowest BCUT2D eigenvalue weighted by atomic mass is 9.85. The van der Waals surface area contributed by atoms with E-state index in [2.05, 4.69) is 0 Å². The lowest BCUT2D eigenvalue weighted by Crippen LogP contribution is -2.06. The molecule has 0 saturated heterocycles. The molecule has 0 spiro atoms. The molecule has 0 fully saturated rings. The number of carbonyl (C=O) groups excluding carboxylic acids is 1. The molecule has 1 atom stereocenters. The smallest absolute Gasteiger partial charge is 0.342 e. The zero-order valence-electron chi connectivity index (χ0n) is 6.23. The molecule has 12 heavy (non-hydrogen) atoms. The van der Waals surface area contributed by atoms with Gasteiger partial charge in [0.15, 0.2) is 0 Å². The van der Waals surface area contributed by atoms with Crippen molar-refractivity contribution < 1.29 is 14.6 Å². The summed E-state index contributed by atoms with van der Waals surface area (Å²) in [5.41, 5.74) is 1.26. The van der Waals surface area contributed by atoms with Crippen LogP contribution in [0.15, 0.2) is 24.3 Å². The summed E-state index contributed by atoms with van der Waals surface area (Å²) in [6, 6.07) is 6.42. The van der Waals surface area contributed by atoms with Gasteiger partial charge in [0.2, 0.25) is 0 Å². The van der Waals surface area contributed by atoms with Crippen LogP contribution in [0, 0.1) is 0 Å². The Morgan fingerprint density at radius 1 is 1.42 bits per heavy atom. The van der Waals surface area contributed by atoms with Crippen LogP contribution in [0.1, 0.15) is 21.9 Å². The van der Waals surface area contributed by atoms with E-state index in [9.17, 15) is 4.79 Å². The maximum Gasteiger partial charge on any atom is 0.342 e. The standard InChI is InChI=1S/C8H6BO3/c10-8-6-4-2-1-3-5(6)7(9-11)12-8/h1-4,7,11H. The third-order valence-corrected chi connectivity index (χ3v) is 1.86. The number of hydrogen-bond acceptors (Lipinski definition) is 3. The summed E-state index contributed by atoms with van der Waals surface area (Å²) in [5, 5.41) is 8.73. The van der Waals surface area contributed by atoms with E-state index in [-0.39, 0.29) is 5.97 Å². The van der Waals surface area contributed by atoms with E-state index in [0.29, 0.717) is 5.56 Å². The molecule has 4 heteroatoms. The second kappa shape index (κ2) is 2.64. The van der Waals surface area contributed by atoms with Crippen molar-refractivity contribution in [3.63, 3.8) is 0 Å². The van der Waals surface area contributed by atoms with Crippen LogP contribution in [0.4, 0.5) is 0 Å². The Hall–Kier alpha value is -1.29. The fourth-order valence-corrected chi connectivity index (χ4v) is 1.28. The van der Waals surface area contributed by atoms with E-state index < -0.39 is 6.00 Å². The predicted molar refractivity (Wildman–Crippen MR) is 42.6 cm³/mol. The summed E-state index contributed by atoms with van der Waals surface area (Å²) in [5.74, 6) is -0.374. The van der Waals surface area contributed by atoms with Crippen molar-refractivity contribution in [2.75, 3.05) is 0 Å². The van der Waals surface area contributed by atoms with Crippen LogP contribution in [-0.4, -0.2) is 18.5 Å². The zero-order valence-corrected chi connectivity index (χ0v) is 6.23. The topological polar surface area (TPSA) is 46.5 Å². The molecular weight excluding hydrogens is 155 g/mol. The molecule has 1 heterocycles.